The minimum absolute atomic E-state index is 0.330. The second-order valence-corrected chi connectivity index (χ2v) is 7.12. The molecule has 1 aliphatic rings. The maximum absolute atomic E-state index is 12.5. The van der Waals surface area contributed by atoms with Crippen molar-refractivity contribution in [2.75, 3.05) is 5.32 Å². The molecule has 1 amide bonds. The van der Waals surface area contributed by atoms with Crippen LogP contribution in [0.1, 0.15) is 11.1 Å². The van der Waals surface area contributed by atoms with E-state index in [-0.39, 0.29) is 5.91 Å². The van der Waals surface area contributed by atoms with E-state index in [0.717, 1.165) is 34.5 Å². The van der Waals surface area contributed by atoms with Gasteiger partial charge in [-0.3, -0.25) is 9.79 Å². The normalized spacial score (nSPS) is 13.0. The first kappa shape index (κ1) is 17.1. The van der Waals surface area contributed by atoms with Crippen LogP contribution in [-0.4, -0.2) is 17.1 Å². The van der Waals surface area contributed by atoms with E-state index >= 15 is 0 Å². The lowest BCUT2D eigenvalue weighted by molar-refractivity contribution is -0.118. The maximum atomic E-state index is 12.5. The SMILES string of the molecule is N#CC(Cc1ccc2c(c1)CC=N2)C(=O)Nc1nc(-c2ccccc2)cs1. The molecule has 1 unspecified atom stereocenters. The molecule has 0 bridgehead atoms. The van der Waals surface area contributed by atoms with Crippen molar-refractivity contribution in [1.29, 1.82) is 5.26 Å². The summed E-state index contributed by atoms with van der Waals surface area (Å²) in [4.78, 5) is 21.3. The number of nitrogens with one attached hydrogen (secondary N) is 1. The van der Waals surface area contributed by atoms with Crippen LogP contribution in [0.4, 0.5) is 10.8 Å². The molecule has 4 rings (SSSR count). The second-order valence-electron chi connectivity index (χ2n) is 6.26. The predicted molar refractivity (Wildman–Crippen MR) is 107 cm³/mol. The lowest BCUT2D eigenvalue weighted by Crippen LogP contribution is -2.23. The van der Waals surface area contributed by atoms with Gasteiger partial charge < -0.3 is 5.32 Å². The van der Waals surface area contributed by atoms with Crippen molar-refractivity contribution in [3.8, 4) is 17.3 Å². The van der Waals surface area contributed by atoms with Gasteiger partial charge in [-0.1, -0.05) is 42.5 Å². The summed E-state index contributed by atoms with van der Waals surface area (Å²) in [5.74, 6) is -1.10. The highest BCUT2D eigenvalue weighted by molar-refractivity contribution is 7.14. The van der Waals surface area contributed by atoms with Crippen LogP contribution in [0.2, 0.25) is 0 Å². The molecule has 0 saturated heterocycles. The highest BCUT2D eigenvalue weighted by atomic mass is 32.1. The van der Waals surface area contributed by atoms with Gasteiger partial charge in [0.25, 0.3) is 0 Å². The fourth-order valence-corrected chi connectivity index (χ4v) is 3.72. The fraction of sp³-hybridized carbons (Fsp3) is 0.143. The van der Waals surface area contributed by atoms with Gasteiger partial charge in [0.15, 0.2) is 5.13 Å². The number of hydrogen-bond acceptors (Lipinski definition) is 5. The summed E-state index contributed by atoms with van der Waals surface area (Å²) in [6.45, 7) is 0. The Labute approximate surface area is 161 Å². The maximum Gasteiger partial charge on any atom is 0.243 e. The zero-order chi connectivity index (χ0) is 18.6. The number of benzene rings is 2. The molecule has 0 aliphatic carbocycles. The van der Waals surface area contributed by atoms with E-state index in [2.05, 4.69) is 21.4 Å². The Balaban J connectivity index is 1.44. The number of rotatable bonds is 5. The minimum Gasteiger partial charge on any atom is -0.301 e. The number of nitrogens with zero attached hydrogens (tertiary/aromatic N) is 3. The first-order chi connectivity index (χ1) is 13.2. The van der Waals surface area contributed by atoms with Gasteiger partial charge in [0.2, 0.25) is 5.91 Å². The number of aliphatic imine (C=N–C) groups is 1. The summed E-state index contributed by atoms with van der Waals surface area (Å²) in [6.07, 6.45) is 3.04. The van der Waals surface area contributed by atoms with Crippen molar-refractivity contribution in [2.24, 2.45) is 10.9 Å². The lowest BCUT2D eigenvalue weighted by atomic mass is 9.97. The van der Waals surface area contributed by atoms with Gasteiger partial charge in [0, 0.05) is 23.6 Å². The zero-order valence-electron chi connectivity index (χ0n) is 14.4. The molecule has 27 heavy (non-hydrogen) atoms. The Bertz CT molecular complexity index is 1050. The Morgan fingerprint density at radius 1 is 1.26 bits per heavy atom. The van der Waals surface area contributed by atoms with Crippen LogP contribution in [0.15, 0.2) is 58.9 Å². The number of fused-ring (bicyclic) bond motifs is 1. The third kappa shape index (κ3) is 3.78. The molecule has 0 spiro atoms. The van der Waals surface area contributed by atoms with Crippen molar-refractivity contribution in [2.45, 2.75) is 12.8 Å². The molecule has 1 aromatic heterocycles. The van der Waals surface area contributed by atoms with Crippen molar-refractivity contribution >= 4 is 34.3 Å². The molecule has 1 atom stereocenters. The van der Waals surface area contributed by atoms with Crippen molar-refractivity contribution in [3.05, 3.63) is 65.0 Å². The van der Waals surface area contributed by atoms with E-state index in [1.807, 2.05) is 60.1 Å². The Morgan fingerprint density at radius 3 is 2.93 bits per heavy atom. The molecule has 0 radical (unpaired) electrons. The van der Waals surface area contributed by atoms with Gasteiger partial charge >= 0.3 is 0 Å². The Morgan fingerprint density at radius 2 is 2.11 bits per heavy atom. The van der Waals surface area contributed by atoms with E-state index in [0.29, 0.717) is 11.6 Å². The average Bonchev–Trinajstić information content (AvgIpc) is 3.35. The Hall–Kier alpha value is -3.30. The average molecular weight is 372 g/mol. The Kier molecular flexibility index (Phi) is 4.77. The van der Waals surface area contributed by atoms with Gasteiger partial charge in [-0.2, -0.15) is 5.26 Å². The number of carbonyl (C=O) groups is 1. The summed E-state index contributed by atoms with van der Waals surface area (Å²) >= 11 is 1.35. The van der Waals surface area contributed by atoms with Gasteiger partial charge in [0.1, 0.15) is 5.92 Å². The van der Waals surface area contributed by atoms with Gasteiger partial charge in [-0.05, 0) is 23.6 Å². The van der Waals surface area contributed by atoms with E-state index in [1.54, 1.807) is 0 Å². The molecule has 6 heteroatoms. The molecule has 132 valence electrons. The summed E-state index contributed by atoms with van der Waals surface area (Å²) < 4.78 is 0. The van der Waals surface area contributed by atoms with Crippen LogP contribution in [0.5, 0.6) is 0 Å². The van der Waals surface area contributed by atoms with Crippen LogP contribution >= 0.6 is 11.3 Å². The molecule has 0 saturated carbocycles. The number of aromatic nitrogens is 1. The van der Waals surface area contributed by atoms with Gasteiger partial charge in [-0.15, -0.1) is 11.3 Å². The molecule has 3 aromatic rings. The number of hydrogen-bond donors (Lipinski definition) is 1. The van der Waals surface area contributed by atoms with Crippen LogP contribution in [0.3, 0.4) is 0 Å². The van der Waals surface area contributed by atoms with Crippen molar-refractivity contribution in [3.63, 3.8) is 0 Å². The summed E-state index contributed by atoms with van der Waals surface area (Å²) in [5, 5.41) is 14.6. The molecule has 0 fully saturated rings. The quantitative estimate of drug-likeness (QED) is 0.721. The first-order valence-corrected chi connectivity index (χ1v) is 9.46. The third-order valence-corrected chi connectivity index (χ3v) is 5.16. The molecule has 1 aliphatic heterocycles. The van der Waals surface area contributed by atoms with Crippen LogP contribution in [0.25, 0.3) is 11.3 Å². The van der Waals surface area contributed by atoms with E-state index < -0.39 is 5.92 Å². The van der Waals surface area contributed by atoms with Crippen LogP contribution in [-0.2, 0) is 17.6 Å². The van der Waals surface area contributed by atoms with Crippen molar-refractivity contribution < 1.29 is 4.79 Å². The highest BCUT2D eigenvalue weighted by Gasteiger charge is 2.21. The third-order valence-electron chi connectivity index (χ3n) is 4.40. The summed E-state index contributed by atoms with van der Waals surface area (Å²) in [6, 6.07) is 17.8. The largest absolute Gasteiger partial charge is 0.301 e. The predicted octanol–water partition coefficient (Wildman–Crippen LogP) is 4.39. The van der Waals surface area contributed by atoms with E-state index in [4.69, 9.17) is 0 Å². The topological polar surface area (TPSA) is 78.1 Å². The van der Waals surface area contributed by atoms with Crippen LogP contribution < -0.4 is 5.32 Å². The molecule has 2 heterocycles. The number of amides is 1. The molecule has 2 aromatic carbocycles. The second kappa shape index (κ2) is 7.52. The number of anilines is 1. The fourth-order valence-electron chi connectivity index (χ4n) is 3.00. The van der Waals surface area contributed by atoms with Gasteiger partial charge in [0.05, 0.1) is 17.5 Å². The molecule has 5 nitrogen and oxygen atoms in total. The highest BCUT2D eigenvalue weighted by Crippen LogP contribution is 2.27. The van der Waals surface area contributed by atoms with Gasteiger partial charge in [-0.25, -0.2) is 4.98 Å². The monoisotopic (exact) mass is 372 g/mol. The smallest absolute Gasteiger partial charge is 0.243 e. The number of thiazole rings is 1. The zero-order valence-corrected chi connectivity index (χ0v) is 15.2. The lowest BCUT2D eigenvalue weighted by Gasteiger charge is -2.09. The molecular formula is C21H16N4OS. The summed E-state index contributed by atoms with van der Waals surface area (Å²) in [5.41, 5.74) is 4.87. The van der Waals surface area contributed by atoms with Crippen molar-refractivity contribution in [1.82, 2.24) is 4.98 Å². The van der Waals surface area contributed by atoms with Crippen LogP contribution in [0, 0.1) is 17.2 Å². The number of carbonyl (C=O) groups excluding carboxylic acids is 1. The standard InChI is InChI=1S/C21H16N4OS/c22-12-17(11-14-6-7-18-16(10-14)8-9-23-18)20(26)25-21-24-19(13-27-21)15-4-2-1-3-5-15/h1-7,9-10,13,17H,8,11H2,(H,24,25,26). The minimum atomic E-state index is -0.769. The van der Waals surface area contributed by atoms with E-state index in [9.17, 15) is 10.1 Å². The number of nitriles is 1. The summed E-state index contributed by atoms with van der Waals surface area (Å²) in [7, 11) is 0. The first-order valence-electron chi connectivity index (χ1n) is 8.58. The molecular weight excluding hydrogens is 356 g/mol. The molecule has 1 N–H and O–H groups in total. The van der Waals surface area contributed by atoms with E-state index in [1.165, 1.54) is 11.3 Å².